The maximum atomic E-state index is 5.68. The minimum atomic E-state index is 0.358. The fraction of sp³-hybridized carbons (Fsp3) is 0.583. The number of nitrogens with zero attached hydrogens (tertiary/aromatic N) is 5. The zero-order chi connectivity index (χ0) is 13.1. The van der Waals surface area contributed by atoms with Crippen molar-refractivity contribution in [3.05, 3.63) is 23.8 Å². The molecule has 0 aliphatic heterocycles. The molecule has 2 rings (SSSR count). The highest BCUT2D eigenvalue weighted by Crippen LogP contribution is 2.20. The Hall–Kier alpha value is -1.36. The van der Waals surface area contributed by atoms with E-state index in [4.69, 9.17) is 11.6 Å². The summed E-state index contributed by atoms with van der Waals surface area (Å²) in [5.74, 6) is 1.01. The summed E-state index contributed by atoms with van der Waals surface area (Å²) < 4.78 is 3.61. The average Bonchev–Trinajstić information content (AvgIpc) is 2.92. The van der Waals surface area contributed by atoms with Crippen LogP contribution in [-0.4, -0.2) is 30.7 Å². The molecule has 0 aliphatic rings. The minimum Gasteiger partial charge on any atom is -0.273 e. The van der Waals surface area contributed by atoms with E-state index >= 15 is 0 Å². The predicted molar refractivity (Wildman–Crippen MR) is 71.3 cm³/mol. The molecule has 2 aromatic rings. The molecule has 18 heavy (non-hydrogen) atoms. The zero-order valence-corrected chi connectivity index (χ0v) is 11.7. The van der Waals surface area contributed by atoms with Crippen molar-refractivity contribution < 1.29 is 0 Å². The largest absolute Gasteiger partial charge is 0.273 e. The predicted octanol–water partition coefficient (Wildman–Crippen LogP) is 2.30. The lowest BCUT2D eigenvalue weighted by molar-refractivity contribution is 0.709. The van der Waals surface area contributed by atoms with Crippen molar-refractivity contribution >= 4 is 11.6 Å². The Labute approximate surface area is 112 Å². The number of aromatic nitrogens is 5. The van der Waals surface area contributed by atoms with Gasteiger partial charge in [-0.3, -0.25) is 4.68 Å². The van der Waals surface area contributed by atoms with Gasteiger partial charge in [0.25, 0.3) is 0 Å². The van der Waals surface area contributed by atoms with Crippen LogP contribution in [0.2, 0.25) is 0 Å². The van der Waals surface area contributed by atoms with Crippen LogP contribution in [-0.2, 0) is 13.5 Å². The van der Waals surface area contributed by atoms with Crippen molar-refractivity contribution in [2.24, 2.45) is 7.05 Å². The van der Waals surface area contributed by atoms with Gasteiger partial charge in [-0.15, -0.1) is 16.7 Å². The van der Waals surface area contributed by atoms with Crippen molar-refractivity contribution in [2.75, 3.05) is 5.88 Å². The van der Waals surface area contributed by atoms with Crippen LogP contribution in [0.4, 0.5) is 0 Å². The van der Waals surface area contributed by atoms with Gasteiger partial charge in [0.2, 0.25) is 0 Å². The van der Waals surface area contributed by atoms with Crippen molar-refractivity contribution in [1.82, 2.24) is 24.8 Å². The first kappa shape index (κ1) is 13.1. The monoisotopic (exact) mass is 267 g/mol. The third-order valence-corrected chi connectivity index (χ3v) is 3.01. The maximum Gasteiger partial charge on any atom is 0.108 e. The van der Waals surface area contributed by atoms with Crippen LogP contribution < -0.4 is 0 Å². The van der Waals surface area contributed by atoms with E-state index in [-0.39, 0.29) is 0 Å². The van der Waals surface area contributed by atoms with E-state index in [0.29, 0.717) is 11.8 Å². The molecule has 0 amide bonds. The normalized spacial score (nSPS) is 11.4. The molecule has 98 valence electrons. The highest BCUT2D eigenvalue weighted by atomic mass is 35.5. The Morgan fingerprint density at radius 2 is 2.11 bits per heavy atom. The number of hydrogen-bond acceptors (Lipinski definition) is 3. The first-order chi connectivity index (χ1) is 8.61. The Kier molecular flexibility index (Phi) is 4.01. The molecule has 0 spiro atoms. The Morgan fingerprint density at radius 1 is 1.33 bits per heavy atom. The number of alkyl halides is 1. The number of aryl methyl sites for hydroxylation is 2. The summed E-state index contributed by atoms with van der Waals surface area (Å²) in [6, 6.07) is 0. The van der Waals surface area contributed by atoms with Crippen LogP contribution in [0.25, 0.3) is 5.69 Å². The molecule has 0 aliphatic carbocycles. The average molecular weight is 268 g/mol. The fourth-order valence-corrected chi connectivity index (χ4v) is 1.99. The smallest absolute Gasteiger partial charge is 0.108 e. The van der Waals surface area contributed by atoms with Gasteiger partial charge in [-0.2, -0.15) is 5.10 Å². The molecule has 0 N–H and O–H groups in total. The van der Waals surface area contributed by atoms with Crippen LogP contribution in [0.3, 0.4) is 0 Å². The summed E-state index contributed by atoms with van der Waals surface area (Å²) in [4.78, 5) is 0. The van der Waals surface area contributed by atoms with Crippen LogP contribution >= 0.6 is 11.6 Å². The van der Waals surface area contributed by atoms with Gasteiger partial charge >= 0.3 is 0 Å². The lowest BCUT2D eigenvalue weighted by atomic mass is 10.1. The van der Waals surface area contributed by atoms with Gasteiger partial charge in [-0.1, -0.05) is 19.1 Å². The number of halogens is 1. The number of rotatable bonds is 5. The van der Waals surface area contributed by atoms with Gasteiger partial charge in [0, 0.05) is 12.9 Å². The van der Waals surface area contributed by atoms with Gasteiger partial charge < -0.3 is 0 Å². The van der Waals surface area contributed by atoms with Gasteiger partial charge in [-0.25, -0.2) is 4.68 Å². The molecule has 2 heterocycles. The molecule has 0 atom stereocenters. The fourth-order valence-electron chi connectivity index (χ4n) is 1.86. The minimum absolute atomic E-state index is 0.358. The summed E-state index contributed by atoms with van der Waals surface area (Å²) >= 11 is 5.68. The second kappa shape index (κ2) is 5.52. The lowest BCUT2D eigenvalue weighted by Crippen LogP contribution is -2.00. The van der Waals surface area contributed by atoms with Gasteiger partial charge in [-0.05, 0) is 18.8 Å². The Bertz CT molecular complexity index is 514. The van der Waals surface area contributed by atoms with Gasteiger partial charge in [0.05, 0.1) is 23.8 Å². The standard InChI is InChI=1S/C12H18ClN5/c1-9(2)12-11(8-17(3)15-12)18-7-10(14-16-18)5-4-6-13/h7-9H,4-6H2,1-3H3. The SMILES string of the molecule is CC(C)c1nn(C)cc1-n1cc(CCCCl)nn1. The second-order valence-electron chi connectivity index (χ2n) is 4.67. The molecule has 0 aromatic carbocycles. The quantitative estimate of drug-likeness (QED) is 0.781. The van der Waals surface area contributed by atoms with Crippen LogP contribution in [0, 0.1) is 0 Å². The molecular weight excluding hydrogens is 250 g/mol. The molecule has 0 fully saturated rings. The van der Waals surface area contributed by atoms with E-state index < -0.39 is 0 Å². The summed E-state index contributed by atoms with van der Waals surface area (Å²) in [7, 11) is 1.92. The second-order valence-corrected chi connectivity index (χ2v) is 5.05. The third-order valence-electron chi connectivity index (χ3n) is 2.74. The Morgan fingerprint density at radius 3 is 2.78 bits per heavy atom. The first-order valence-corrected chi connectivity index (χ1v) is 6.66. The van der Waals surface area contributed by atoms with Crippen molar-refractivity contribution in [3.63, 3.8) is 0 Å². The molecule has 6 heteroatoms. The lowest BCUT2D eigenvalue weighted by Gasteiger charge is -2.03. The summed E-state index contributed by atoms with van der Waals surface area (Å²) in [5, 5.41) is 12.8. The van der Waals surface area contributed by atoms with E-state index in [2.05, 4.69) is 29.3 Å². The van der Waals surface area contributed by atoms with Crippen LogP contribution in [0.5, 0.6) is 0 Å². The number of hydrogen-bond donors (Lipinski definition) is 0. The first-order valence-electron chi connectivity index (χ1n) is 6.13. The molecule has 0 saturated heterocycles. The third kappa shape index (κ3) is 2.72. The van der Waals surface area contributed by atoms with Crippen LogP contribution in [0.1, 0.15) is 37.6 Å². The highest BCUT2D eigenvalue weighted by molar-refractivity contribution is 6.17. The summed E-state index contributed by atoms with van der Waals surface area (Å²) in [6.07, 6.45) is 5.70. The van der Waals surface area contributed by atoms with Crippen molar-refractivity contribution in [2.45, 2.75) is 32.6 Å². The molecule has 0 radical (unpaired) electrons. The molecule has 0 bridgehead atoms. The molecular formula is C12H18ClN5. The molecule has 2 aromatic heterocycles. The molecule has 0 unspecified atom stereocenters. The van der Waals surface area contributed by atoms with E-state index in [9.17, 15) is 0 Å². The zero-order valence-electron chi connectivity index (χ0n) is 11.0. The van der Waals surface area contributed by atoms with E-state index in [0.717, 1.165) is 29.9 Å². The van der Waals surface area contributed by atoms with Gasteiger partial charge in [0.1, 0.15) is 5.69 Å². The highest BCUT2D eigenvalue weighted by Gasteiger charge is 2.14. The molecule has 0 saturated carbocycles. The van der Waals surface area contributed by atoms with Crippen molar-refractivity contribution in [3.8, 4) is 5.69 Å². The van der Waals surface area contributed by atoms with Crippen molar-refractivity contribution in [1.29, 1.82) is 0 Å². The van der Waals surface area contributed by atoms with Gasteiger partial charge in [0.15, 0.2) is 0 Å². The summed E-state index contributed by atoms with van der Waals surface area (Å²) in [6.45, 7) is 4.24. The maximum absolute atomic E-state index is 5.68. The van der Waals surface area contributed by atoms with E-state index in [1.54, 1.807) is 4.68 Å². The van der Waals surface area contributed by atoms with E-state index in [1.807, 2.05) is 24.1 Å². The Balaban J connectivity index is 2.28. The molecule has 5 nitrogen and oxygen atoms in total. The topological polar surface area (TPSA) is 48.5 Å². The van der Waals surface area contributed by atoms with Crippen LogP contribution in [0.15, 0.2) is 12.4 Å². The van der Waals surface area contributed by atoms with E-state index in [1.165, 1.54) is 0 Å². The summed E-state index contributed by atoms with van der Waals surface area (Å²) in [5.41, 5.74) is 3.00.